The molecule has 2 aliphatic heterocycles. The van der Waals surface area contributed by atoms with E-state index in [1.807, 2.05) is 12.1 Å². The Bertz CT molecular complexity index is 786. The van der Waals surface area contributed by atoms with E-state index >= 15 is 0 Å². The van der Waals surface area contributed by atoms with Crippen LogP contribution in [0.3, 0.4) is 0 Å². The Morgan fingerprint density at radius 3 is 2.76 bits per heavy atom. The summed E-state index contributed by atoms with van der Waals surface area (Å²) in [6.07, 6.45) is 7.42. The van der Waals surface area contributed by atoms with Gasteiger partial charge in [-0.3, -0.25) is 14.9 Å². The van der Waals surface area contributed by atoms with E-state index in [9.17, 15) is 9.59 Å². The van der Waals surface area contributed by atoms with E-state index in [-0.39, 0.29) is 11.8 Å². The van der Waals surface area contributed by atoms with Gasteiger partial charge in [0.25, 0.3) is 11.8 Å². The number of imide groups is 1. The minimum absolute atomic E-state index is 0.283. The van der Waals surface area contributed by atoms with Crippen LogP contribution < -0.4 is 5.32 Å². The maximum atomic E-state index is 12.1. The quantitative estimate of drug-likeness (QED) is 0.810. The molecule has 1 atom stereocenters. The molecule has 1 N–H and O–H groups in total. The van der Waals surface area contributed by atoms with E-state index in [0.717, 1.165) is 16.9 Å². The van der Waals surface area contributed by atoms with Gasteiger partial charge in [-0.05, 0) is 24.5 Å². The molecule has 1 aromatic carbocycles. The number of carbonyl (C=O) groups is 2. The molecule has 21 heavy (non-hydrogen) atoms. The third kappa shape index (κ3) is 1.75. The van der Waals surface area contributed by atoms with E-state index in [0.29, 0.717) is 16.4 Å². The summed E-state index contributed by atoms with van der Waals surface area (Å²) in [5.74, 6) is -0.567. The second-order valence-electron chi connectivity index (χ2n) is 5.36. The van der Waals surface area contributed by atoms with E-state index in [1.165, 1.54) is 11.1 Å². The first-order valence-corrected chi connectivity index (χ1v) is 7.78. The van der Waals surface area contributed by atoms with Crippen molar-refractivity contribution < 1.29 is 9.59 Å². The van der Waals surface area contributed by atoms with E-state index in [1.54, 1.807) is 18.7 Å². The van der Waals surface area contributed by atoms with Gasteiger partial charge in [0.2, 0.25) is 0 Å². The fourth-order valence-corrected chi connectivity index (χ4v) is 4.52. The van der Waals surface area contributed by atoms with Crippen LogP contribution in [0.2, 0.25) is 0 Å². The van der Waals surface area contributed by atoms with Crippen LogP contribution in [0.5, 0.6) is 0 Å². The average Bonchev–Trinajstić information content (AvgIpc) is 2.97. The van der Waals surface area contributed by atoms with Crippen LogP contribution in [0.4, 0.5) is 0 Å². The lowest BCUT2D eigenvalue weighted by Gasteiger charge is -2.11. The Hall–Kier alpha value is -2.07. The molecule has 4 heteroatoms. The molecule has 0 bridgehead atoms. The molecule has 104 valence electrons. The van der Waals surface area contributed by atoms with Gasteiger partial charge in [0.1, 0.15) is 0 Å². The molecule has 0 radical (unpaired) electrons. The van der Waals surface area contributed by atoms with Crippen molar-refractivity contribution in [3.63, 3.8) is 0 Å². The smallest absolute Gasteiger partial charge is 0.259 e. The zero-order chi connectivity index (χ0) is 14.6. The molecule has 3 nitrogen and oxygen atoms in total. The minimum Gasteiger partial charge on any atom is -0.288 e. The van der Waals surface area contributed by atoms with E-state index in [2.05, 4.69) is 29.6 Å². The number of hydrogen-bond acceptors (Lipinski definition) is 3. The Morgan fingerprint density at radius 2 is 2.00 bits per heavy atom. The fraction of sp³-hybridized carbons (Fsp3) is 0.176. The monoisotopic (exact) mass is 295 g/mol. The first kappa shape index (κ1) is 12.7. The predicted octanol–water partition coefficient (Wildman–Crippen LogP) is 2.93. The summed E-state index contributed by atoms with van der Waals surface area (Å²) in [5, 5.41) is 2.80. The highest BCUT2D eigenvalue weighted by Gasteiger charge is 2.35. The first-order chi connectivity index (χ1) is 10.2. The second-order valence-corrected chi connectivity index (χ2v) is 6.57. The predicted molar refractivity (Wildman–Crippen MR) is 83.6 cm³/mol. The van der Waals surface area contributed by atoms with Crippen LogP contribution >= 0.6 is 11.8 Å². The Labute approximate surface area is 126 Å². The molecule has 2 amide bonds. The van der Waals surface area contributed by atoms with Gasteiger partial charge in [0, 0.05) is 21.3 Å². The molecule has 2 heterocycles. The maximum absolute atomic E-state index is 12.1. The summed E-state index contributed by atoms with van der Waals surface area (Å²) in [5.41, 5.74) is 4.43. The Balaban J connectivity index is 1.92. The Kier molecular flexibility index (Phi) is 2.69. The molecular weight excluding hydrogens is 282 g/mol. The number of thioether (sulfide) groups is 1. The van der Waals surface area contributed by atoms with Crippen LogP contribution in [0.25, 0.3) is 11.1 Å². The highest BCUT2D eigenvalue weighted by atomic mass is 32.2. The fourth-order valence-electron chi connectivity index (χ4n) is 3.08. The maximum Gasteiger partial charge on any atom is 0.259 e. The molecule has 0 fully saturated rings. The summed E-state index contributed by atoms with van der Waals surface area (Å²) in [4.78, 5) is 24.9. The molecule has 1 unspecified atom stereocenters. The number of allylic oxidation sites excluding steroid dienone is 3. The average molecular weight is 295 g/mol. The van der Waals surface area contributed by atoms with Gasteiger partial charge >= 0.3 is 0 Å². The zero-order valence-electron chi connectivity index (χ0n) is 11.5. The number of hydrogen-bond donors (Lipinski definition) is 1. The van der Waals surface area contributed by atoms with Gasteiger partial charge in [-0.25, -0.2) is 0 Å². The van der Waals surface area contributed by atoms with Gasteiger partial charge in [-0.2, -0.15) is 0 Å². The number of carbonyl (C=O) groups excluding carboxylic acids is 2. The zero-order valence-corrected chi connectivity index (χ0v) is 12.3. The number of amides is 2. The first-order valence-electron chi connectivity index (χ1n) is 6.90. The lowest BCUT2D eigenvalue weighted by molar-refractivity contribution is -0.123. The highest BCUT2D eigenvalue weighted by molar-refractivity contribution is 8.01. The van der Waals surface area contributed by atoms with Crippen LogP contribution in [-0.2, 0) is 9.59 Å². The van der Waals surface area contributed by atoms with Crippen molar-refractivity contribution in [2.75, 3.05) is 0 Å². The van der Waals surface area contributed by atoms with Crippen molar-refractivity contribution in [2.24, 2.45) is 0 Å². The third-order valence-corrected chi connectivity index (χ3v) is 5.54. The van der Waals surface area contributed by atoms with Gasteiger partial charge < -0.3 is 0 Å². The van der Waals surface area contributed by atoms with Gasteiger partial charge in [-0.15, -0.1) is 11.8 Å². The third-order valence-electron chi connectivity index (χ3n) is 4.13. The van der Waals surface area contributed by atoms with Crippen molar-refractivity contribution >= 4 is 34.7 Å². The highest BCUT2D eigenvalue weighted by Crippen LogP contribution is 2.50. The summed E-state index contributed by atoms with van der Waals surface area (Å²) in [6.45, 7) is 1.71. The summed E-state index contributed by atoms with van der Waals surface area (Å²) >= 11 is 1.79. The van der Waals surface area contributed by atoms with Gasteiger partial charge in [0.05, 0.1) is 5.57 Å². The van der Waals surface area contributed by atoms with Crippen molar-refractivity contribution in [1.82, 2.24) is 5.32 Å². The van der Waals surface area contributed by atoms with Crippen LogP contribution in [0.15, 0.2) is 46.9 Å². The molecule has 0 aromatic heterocycles. The Morgan fingerprint density at radius 1 is 1.19 bits per heavy atom. The summed E-state index contributed by atoms with van der Waals surface area (Å²) in [7, 11) is 0. The molecule has 4 rings (SSSR count). The summed E-state index contributed by atoms with van der Waals surface area (Å²) in [6, 6.07) is 6.00. The molecular formula is C17H13NO2S. The van der Waals surface area contributed by atoms with Crippen LogP contribution in [-0.4, -0.2) is 17.1 Å². The van der Waals surface area contributed by atoms with Crippen molar-refractivity contribution in [2.45, 2.75) is 23.5 Å². The van der Waals surface area contributed by atoms with Crippen LogP contribution in [0, 0.1) is 0 Å². The molecule has 0 saturated carbocycles. The number of nitrogens with one attached hydrogen (secondary N) is 1. The topological polar surface area (TPSA) is 46.2 Å². The number of fused-ring (bicyclic) bond motifs is 3. The SMILES string of the molecule is CC1=C(c2cccc3c2SC2CC=CC=C32)C(=O)NC1=O. The lowest BCUT2D eigenvalue weighted by Crippen LogP contribution is -2.22. The van der Waals surface area contributed by atoms with Gasteiger partial charge in [-0.1, -0.05) is 36.4 Å². The molecule has 1 aliphatic carbocycles. The van der Waals surface area contributed by atoms with E-state index < -0.39 is 0 Å². The van der Waals surface area contributed by atoms with Gasteiger partial charge in [0.15, 0.2) is 0 Å². The number of rotatable bonds is 1. The van der Waals surface area contributed by atoms with E-state index in [4.69, 9.17) is 0 Å². The normalized spacial score (nSPS) is 23.1. The molecule has 1 aromatic rings. The lowest BCUT2D eigenvalue weighted by atomic mass is 9.93. The minimum atomic E-state index is -0.284. The number of benzene rings is 1. The molecule has 0 saturated heterocycles. The van der Waals surface area contributed by atoms with Crippen LogP contribution in [0.1, 0.15) is 24.5 Å². The standard InChI is InChI=1S/C17H13NO2S/c1-9-14(17(20)18-16(9)19)12-7-4-6-11-10-5-2-3-8-13(10)21-15(11)12/h2-7,13H,8H2,1H3,(H,18,19,20). The van der Waals surface area contributed by atoms with Crippen molar-refractivity contribution in [3.8, 4) is 0 Å². The molecule has 3 aliphatic rings. The van der Waals surface area contributed by atoms with Crippen molar-refractivity contribution in [3.05, 3.63) is 53.1 Å². The summed E-state index contributed by atoms with van der Waals surface area (Å²) < 4.78 is 0. The van der Waals surface area contributed by atoms with Crippen molar-refractivity contribution in [1.29, 1.82) is 0 Å². The molecule has 0 spiro atoms. The second kappa shape index (κ2) is 4.46. The largest absolute Gasteiger partial charge is 0.288 e.